The predicted octanol–water partition coefficient (Wildman–Crippen LogP) is 1.03. The van der Waals surface area contributed by atoms with E-state index >= 15 is 0 Å². The van der Waals surface area contributed by atoms with Gasteiger partial charge in [0.1, 0.15) is 0 Å². The van der Waals surface area contributed by atoms with Crippen LogP contribution in [0.5, 0.6) is 0 Å². The zero-order valence-electron chi connectivity index (χ0n) is 9.67. The lowest BCUT2D eigenvalue weighted by Gasteiger charge is -2.11. The molecule has 1 heterocycles. The fourth-order valence-electron chi connectivity index (χ4n) is 1.49. The third-order valence-corrected chi connectivity index (χ3v) is 5.16. The molecule has 0 saturated carbocycles. The largest absolute Gasteiger partial charge is 0.323 e. The van der Waals surface area contributed by atoms with Gasteiger partial charge < -0.3 is 0 Å². The number of hydrogen-bond donors (Lipinski definition) is 0. The fourth-order valence-corrected chi connectivity index (χ4v) is 3.74. The van der Waals surface area contributed by atoms with E-state index < -0.39 is 15.1 Å². The Balaban J connectivity index is 2.88. The van der Waals surface area contributed by atoms with Crippen molar-refractivity contribution in [1.29, 1.82) is 0 Å². The summed E-state index contributed by atoms with van der Waals surface area (Å²) in [6.07, 6.45) is 0. The zero-order chi connectivity index (χ0) is 12.8. The van der Waals surface area contributed by atoms with Crippen LogP contribution in [-0.4, -0.2) is 30.8 Å². The monoisotopic (exact) mass is 272 g/mol. The zero-order valence-corrected chi connectivity index (χ0v) is 11.3. The van der Waals surface area contributed by atoms with Gasteiger partial charge in [-0.05, 0) is 24.6 Å². The quantitative estimate of drug-likeness (QED) is 0.820. The first kappa shape index (κ1) is 12.3. The van der Waals surface area contributed by atoms with E-state index in [1.165, 1.54) is 14.1 Å². The van der Waals surface area contributed by atoms with Gasteiger partial charge in [0.05, 0.1) is 10.2 Å². The van der Waals surface area contributed by atoms with E-state index in [1.54, 1.807) is 12.1 Å². The van der Waals surface area contributed by atoms with E-state index in [9.17, 15) is 13.2 Å². The highest BCUT2D eigenvalue weighted by atomic mass is 32.2. The summed E-state index contributed by atoms with van der Waals surface area (Å²) in [5, 5.41) is 0. The molecule has 0 aliphatic heterocycles. The van der Waals surface area contributed by atoms with Crippen molar-refractivity contribution in [3.8, 4) is 0 Å². The first-order chi connectivity index (χ1) is 7.84. The standard InChI is InChI=1S/C10H12N2O3S2/c1-7-4-5-8-9(6-7)16-10(13)12(8)17(14,15)11(2)3/h4-6H,1-3H3. The topological polar surface area (TPSA) is 59.4 Å². The van der Waals surface area contributed by atoms with Crippen LogP contribution in [0, 0.1) is 6.92 Å². The Morgan fingerprint density at radius 2 is 1.94 bits per heavy atom. The lowest BCUT2D eigenvalue weighted by molar-refractivity contribution is 0.511. The summed E-state index contributed by atoms with van der Waals surface area (Å²) in [5.41, 5.74) is 1.42. The smallest absolute Gasteiger partial charge is 0.255 e. The Morgan fingerprint density at radius 3 is 2.53 bits per heavy atom. The maximum absolute atomic E-state index is 12.0. The van der Waals surface area contributed by atoms with Gasteiger partial charge in [-0.3, -0.25) is 4.79 Å². The summed E-state index contributed by atoms with van der Waals surface area (Å²) in [6, 6.07) is 5.25. The maximum Gasteiger partial charge on any atom is 0.323 e. The number of fused-ring (bicyclic) bond motifs is 1. The summed E-state index contributed by atoms with van der Waals surface area (Å²) in [7, 11) is -0.951. The van der Waals surface area contributed by atoms with Gasteiger partial charge in [0.15, 0.2) is 0 Å². The highest BCUT2D eigenvalue weighted by Gasteiger charge is 2.22. The van der Waals surface area contributed by atoms with Crippen LogP contribution in [0.25, 0.3) is 10.2 Å². The number of hydrogen-bond acceptors (Lipinski definition) is 4. The number of aromatic nitrogens is 1. The van der Waals surface area contributed by atoms with Crippen molar-refractivity contribution < 1.29 is 8.42 Å². The second-order valence-electron chi connectivity index (χ2n) is 3.89. The Morgan fingerprint density at radius 1 is 1.29 bits per heavy atom. The summed E-state index contributed by atoms with van der Waals surface area (Å²) in [5.74, 6) is 0. The molecule has 5 nitrogen and oxygen atoms in total. The van der Waals surface area contributed by atoms with Gasteiger partial charge in [0.2, 0.25) is 0 Å². The summed E-state index contributed by atoms with van der Waals surface area (Å²) in [4.78, 5) is 11.3. The van der Waals surface area contributed by atoms with E-state index in [-0.39, 0.29) is 0 Å². The van der Waals surface area contributed by atoms with Crippen LogP contribution in [0.4, 0.5) is 0 Å². The lowest BCUT2D eigenvalue weighted by atomic mass is 10.2. The van der Waals surface area contributed by atoms with Gasteiger partial charge in [-0.25, -0.2) is 0 Å². The fraction of sp³-hybridized carbons (Fsp3) is 0.300. The Kier molecular flexibility index (Phi) is 2.84. The second-order valence-corrected chi connectivity index (χ2v) is 6.88. The minimum absolute atomic E-state index is 0.430. The minimum atomic E-state index is -3.76. The third-order valence-electron chi connectivity index (χ3n) is 2.39. The van der Waals surface area contributed by atoms with Crippen molar-refractivity contribution in [3.05, 3.63) is 33.4 Å². The average molecular weight is 272 g/mol. The van der Waals surface area contributed by atoms with Crippen LogP contribution in [0.15, 0.2) is 23.0 Å². The number of rotatable bonds is 2. The first-order valence-corrected chi connectivity index (χ1v) is 7.10. The molecule has 0 N–H and O–H groups in total. The van der Waals surface area contributed by atoms with Gasteiger partial charge in [0.25, 0.3) is 0 Å². The van der Waals surface area contributed by atoms with Crippen LogP contribution >= 0.6 is 11.3 Å². The molecular weight excluding hydrogens is 260 g/mol. The van der Waals surface area contributed by atoms with E-state index in [0.29, 0.717) is 10.2 Å². The van der Waals surface area contributed by atoms with Crippen molar-refractivity contribution in [2.45, 2.75) is 6.92 Å². The van der Waals surface area contributed by atoms with E-state index in [0.717, 1.165) is 25.2 Å². The molecule has 0 aliphatic carbocycles. The van der Waals surface area contributed by atoms with E-state index in [1.807, 2.05) is 13.0 Å². The molecular formula is C10H12N2O3S2. The molecule has 0 radical (unpaired) electrons. The average Bonchev–Trinajstić information content (AvgIpc) is 2.53. The Hall–Kier alpha value is -1.18. The van der Waals surface area contributed by atoms with Gasteiger partial charge >= 0.3 is 15.1 Å². The van der Waals surface area contributed by atoms with Crippen molar-refractivity contribution in [1.82, 2.24) is 8.28 Å². The molecule has 1 aromatic heterocycles. The number of benzene rings is 1. The van der Waals surface area contributed by atoms with Crippen LogP contribution in [0.1, 0.15) is 5.56 Å². The normalized spacial score (nSPS) is 12.5. The lowest BCUT2D eigenvalue weighted by Crippen LogP contribution is -2.33. The molecule has 17 heavy (non-hydrogen) atoms. The molecule has 2 aromatic rings. The number of nitrogens with zero attached hydrogens (tertiary/aromatic N) is 2. The molecule has 0 aliphatic rings. The van der Waals surface area contributed by atoms with Gasteiger partial charge in [0, 0.05) is 14.1 Å². The number of aryl methyl sites for hydroxylation is 1. The molecule has 7 heteroatoms. The van der Waals surface area contributed by atoms with Crippen molar-refractivity contribution in [2.75, 3.05) is 14.1 Å². The molecule has 0 atom stereocenters. The van der Waals surface area contributed by atoms with Gasteiger partial charge in [-0.2, -0.15) is 16.7 Å². The van der Waals surface area contributed by atoms with Gasteiger partial charge in [-0.1, -0.05) is 17.4 Å². The first-order valence-electron chi connectivity index (χ1n) is 4.89. The van der Waals surface area contributed by atoms with Crippen molar-refractivity contribution in [2.24, 2.45) is 0 Å². The van der Waals surface area contributed by atoms with Crippen LogP contribution in [0.2, 0.25) is 0 Å². The second kappa shape index (κ2) is 3.94. The van der Waals surface area contributed by atoms with E-state index in [2.05, 4.69) is 0 Å². The molecule has 0 fully saturated rings. The third kappa shape index (κ3) is 1.90. The predicted molar refractivity (Wildman–Crippen MR) is 68.8 cm³/mol. The molecule has 92 valence electrons. The highest BCUT2D eigenvalue weighted by Crippen LogP contribution is 2.20. The Bertz CT molecular complexity index is 726. The summed E-state index contributed by atoms with van der Waals surface area (Å²) in [6.45, 7) is 1.90. The van der Waals surface area contributed by atoms with Crippen LogP contribution in [0.3, 0.4) is 0 Å². The minimum Gasteiger partial charge on any atom is -0.255 e. The molecule has 2 rings (SSSR count). The van der Waals surface area contributed by atoms with Crippen molar-refractivity contribution in [3.63, 3.8) is 0 Å². The number of thiazole rings is 1. The molecule has 0 amide bonds. The van der Waals surface area contributed by atoms with E-state index in [4.69, 9.17) is 0 Å². The summed E-state index contributed by atoms with van der Waals surface area (Å²) >= 11 is 0.939. The van der Waals surface area contributed by atoms with Crippen molar-refractivity contribution >= 4 is 31.8 Å². The molecule has 1 aromatic carbocycles. The highest BCUT2D eigenvalue weighted by molar-refractivity contribution is 7.87. The van der Waals surface area contributed by atoms with Crippen LogP contribution in [-0.2, 0) is 10.2 Å². The van der Waals surface area contributed by atoms with Gasteiger partial charge in [-0.15, -0.1) is 0 Å². The molecule has 0 saturated heterocycles. The SMILES string of the molecule is Cc1ccc2c(c1)sc(=O)n2S(=O)(=O)N(C)C. The Labute approximate surface area is 103 Å². The van der Waals surface area contributed by atoms with Crippen LogP contribution < -0.4 is 4.87 Å². The maximum atomic E-state index is 12.0. The molecule has 0 spiro atoms. The summed E-state index contributed by atoms with van der Waals surface area (Å²) < 4.78 is 26.6. The molecule has 0 bridgehead atoms. The molecule has 0 unspecified atom stereocenters.